The smallest absolute Gasteiger partial charge is 0.453 e. The van der Waals surface area contributed by atoms with Crippen molar-refractivity contribution in [1.82, 2.24) is 25.2 Å². The molecule has 2 aliphatic rings. The zero-order valence-electron chi connectivity index (χ0n) is 17.8. The maximum Gasteiger partial charge on any atom is 0.453 e. The third-order valence-corrected chi connectivity index (χ3v) is 5.96. The molecule has 2 aliphatic heterocycles. The second-order valence-corrected chi connectivity index (χ2v) is 8.05. The van der Waals surface area contributed by atoms with Crippen LogP contribution in [0.2, 0.25) is 0 Å². The lowest BCUT2D eigenvalue weighted by Gasteiger charge is -2.40. The summed E-state index contributed by atoms with van der Waals surface area (Å²) >= 11 is 0. The number of hydrogen-bond acceptors (Lipinski definition) is 7. The summed E-state index contributed by atoms with van der Waals surface area (Å²) in [5, 5.41) is 9.87. The SMILES string of the molecule is COc1ccc(-n2nnnc2C(F)(F)F)cc1C1=CC2(CCCN(c3ccncc3)C2)OC1. The molecule has 1 saturated heterocycles. The van der Waals surface area contributed by atoms with E-state index in [2.05, 4.69) is 31.5 Å². The van der Waals surface area contributed by atoms with Crippen LogP contribution in [-0.4, -0.2) is 57.6 Å². The van der Waals surface area contributed by atoms with Gasteiger partial charge in [0.05, 0.1) is 25.9 Å². The number of ether oxygens (including phenoxy) is 2. The van der Waals surface area contributed by atoms with Gasteiger partial charge in [-0.05, 0) is 65.2 Å². The van der Waals surface area contributed by atoms with Crippen LogP contribution in [0.5, 0.6) is 5.75 Å². The number of halogens is 3. The summed E-state index contributed by atoms with van der Waals surface area (Å²) in [6.07, 6.45) is 2.72. The molecule has 0 radical (unpaired) electrons. The highest BCUT2D eigenvalue weighted by atomic mass is 19.4. The predicted octanol–water partition coefficient (Wildman–Crippen LogP) is 3.54. The highest BCUT2D eigenvalue weighted by molar-refractivity contribution is 5.75. The molecule has 1 atom stereocenters. The van der Waals surface area contributed by atoms with Crippen molar-refractivity contribution in [3.05, 3.63) is 60.2 Å². The summed E-state index contributed by atoms with van der Waals surface area (Å²) in [7, 11) is 1.52. The second-order valence-electron chi connectivity index (χ2n) is 8.05. The lowest BCUT2D eigenvalue weighted by atomic mass is 9.90. The first-order valence-corrected chi connectivity index (χ1v) is 10.4. The Labute approximate surface area is 187 Å². The first-order valence-electron chi connectivity index (χ1n) is 10.4. The topological polar surface area (TPSA) is 78.2 Å². The number of nitrogens with zero attached hydrogens (tertiary/aromatic N) is 6. The van der Waals surface area contributed by atoms with Gasteiger partial charge in [-0.2, -0.15) is 17.9 Å². The van der Waals surface area contributed by atoms with E-state index < -0.39 is 17.6 Å². The third kappa shape index (κ3) is 4.04. The zero-order valence-corrected chi connectivity index (χ0v) is 17.8. The van der Waals surface area contributed by atoms with Crippen LogP contribution >= 0.6 is 0 Å². The predicted molar refractivity (Wildman–Crippen MR) is 113 cm³/mol. The second kappa shape index (κ2) is 8.14. The molecule has 1 unspecified atom stereocenters. The van der Waals surface area contributed by atoms with Gasteiger partial charge in [0.2, 0.25) is 0 Å². The molecule has 4 heterocycles. The van der Waals surface area contributed by atoms with E-state index in [1.165, 1.54) is 13.2 Å². The molecule has 0 amide bonds. The number of anilines is 1. The molecule has 0 saturated carbocycles. The van der Waals surface area contributed by atoms with Crippen molar-refractivity contribution in [2.45, 2.75) is 24.6 Å². The molecule has 2 aromatic heterocycles. The van der Waals surface area contributed by atoms with E-state index in [4.69, 9.17) is 9.47 Å². The quantitative estimate of drug-likeness (QED) is 0.592. The molecule has 11 heteroatoms. The molecule has 33 heavy (non-hydrogen) atoms. The van der Waals surface area contributed by atoms with Crippen LogP contribution < -0.4 is 9.64 Å². The van der Waals surface area contributed by atoms with Crippen LogP contribution in [0, 0.1) is 0 Å². The fourth-order valence-corrected chi connectivity index (χ4v) is 4.46. The monoisotopic (exact) mass is 458 g/mol. The maximum atomic E-state index is 13.3. The maximum absolute atomic E-state index is 13.3. The van der Waals surface area contributed by atoms with Gasteiger partial charge in [0.1, 0.15) is 11.4 Å². The summed E-state index contributed by atoms with van der Waals surface area (Å²) < 4.78 is 52.4. The number of tetrazole rings is 1. The van der Waals surface area contributed by atoms with Crippen molar-refractivity contribution in [3.8, 4) is 11.4 Å². The van der Waals surface area contributed by atoms with Gasteiger partial charge in [0.25, 0.3) is 5.82 Å². The van der Waals surface area contributed by atoms with E-state index in [1.807, 2.05) is 12.1 Å². The van der Waals surface area contributed by atoms with Crippen molar-refractivity contribution in [3.63, 3.8) is 0 Å². The third-order valence-electron chi connectivity index (χ3n) is 5.96. The highest BCUT2D eigenvalue weighted by Crippen LogP contribution is 2.40. The van der Waals surface area contributed by atoms with Crippen molar-refractivity contribution in [2.24, 2.45) is 0 Å². The largest absolute Gasteiger partial charge is 0.496 e. The van der Waals surface area contributed by atoms with Gasteiger partial charge in [-0.25, -0.2) is 0 Å². The Morgan fingerprint density at radius 2 is 1.94 bits per heavy atom. The molecule has 1 spiro atoms. The van der Waals surface area contributed by atoms with Gasteiger partial charge in [-0.15, -0.1) is 5.10 Å². The average molecular weight is 458 g/mol. The number of rotatable bonds is 4. The number of aromatic nitrogens is 5. The molecule has 0 bridgehead atoms. The number of alkyl halides is 3. The normalized spacial score (nSPS) is 20.8. The molecule has 5 rings (SSSR count). The Balaban J connectivity index is 1.49. The minimum absolute atomic E-state index is 0.187. The molecule has 172 valence electrons. The molecule has 0 aliphatic carbocycles. The van der Waals surface area contributed by atoms with Crippen LogP contribution in [0.25, 0.3) is 11.3 Å². The van der Waals surface area contributed by atoms with Gasteiger partial charge in [0, 0.05) is 30.2 Å². The van der Waals surface area contributed by atoms with E-state index in [-0.39, 0.29) is 5.69 Å². The Morgan fingerprint density at radius 3 is 2.70 bits per heavy atom. The molecular formula is C22H21F3N6O2. The van der Waals surface area contributed by atoms with E-state index in [9.17, 15) is 13.2 Å². The lowest BCUT2D eigenvalue weighted by Crippen LogP contribution is -2.47. The number of pyridine rings is 1. The standard InChI is InChI=1S/C22H21F3N6O2/c1-32-19-4-3-17(31-20(22(23,24)25)27-28-29-31)11-18(19)15-12-21(33-13-15)7-2-10-30(14-21)16-5-8-26-9-6-16/h3-6,8-9,11-12H,2,7,10,13-14H2,1H3. The first kappa shape index (κ1) is 21.4. The van der Waals surface area contributed by atoms with Crippen LogP contribution in [0.15, 0.2) is 48.8 Å². The first-order chi connectivity index (χ1) is 15.9. The van der Waals surface area contributed by atoms with E-state index in [0.717, 1.165) is 30.6 Å². The van der Waals surface area contributed by atoms with Crippen LogP contribution in [-0.2, 0) is 10.9 Å². The van der Waals surface area contributed by atoms with Gasteiger partial charge in [-0.3, -0.25) is 4.98 Å². The summed E-state index contributed by atoms with van der Waals surface area (Å²) in [6, 6.07) is 8.64. The Hall–Kier alpha value is -3.47. The van der Waals surface area contributed by atoms with Gasteiger partial charge in [0.15, 0.2) is 0 Å². The van der Waals surface area contributed by atoms with E-state index in [1.54, 1.807) is 24.5 Å². The van der Waals surface area contributed by atoms with Crippen molar-refractivity contribution >= 4 is 11.3 Å². The summed E-state index contributed by atoms with van der Waals surface area (Å²) in [4.78, 5) is 6.34. The minimum atomic E-state index is -4.68. The fraction of sp³-hybridized carbons (Fsp3) is 0.364. The fourth-order valence-electron chi connectivity index (χ4n) is 4.46. The Bertz CT molecular complexity index is 1180. The number of piperidine rings is 1. The van der Waals surface area contributed by atoms with Crippen LogP contribution in [0.4, 0.5) is 18.9 Å². The van der Waals surface area contributed by atoms with Crippen molar-refractivity contribution < 1.29 is 22.6 Å². The molecule has 1 aromatic carbocycles. The van der Waals surface area contributed by atoms with Gasteiger partial charge in [-0.1, -0.05) is 0 Å². The van der Waals surface area contributed by atoms with Crippen LogP contribution in [0.3, 0.4) is 0 Å². The summed E-state index contributed by atoms with van der Waals surface area (Å²) in [6.45, 7) is 1.91. The van der Waals surface area contributed by atoms with Gasteiger partial charge >= 0.3 is 6.18 Å². The molecule has 1 fully saturated rings. The molecule has 3 aromatic rings. The molecular weight excluding hydrogens is 437 g/mol. The zero-order chi connectivity index (χ0) is 23.1. The number of methoxy groups -OCH3 is 1. The van der Waals surface area contributed by atoms with Crippen LogP contribution in [0.1, 0.15) is 24.2 Å². The average Bonchev–Trinajstić information content (AvgIpc) is 3.47. The molecule has 8 nitrogen and oxygen atoms in total. The van der Waals surface area contributed by atoms with Crippen molar-refractivity contribution in [1.29, 1.82) is 0 Å². The Morgan fingerprint density at radius 1 is 1.12 bits per heavy atom. The molecule has 0 N–H and O–H groups in total. The van der Waals surface area contributed by atoms with Gasteiger partial charge < -0.3 is 14.4 Å². The van der Waals surface area contributed by atoms with E-state index in [0.29, 0.717) is 29.1 Å². The lowest BCUT2D eigenvalue weighted by molar-refractivity contribution is -0.146. The summed E-state index contributed by atoms with van der Waals surface area (Å²) in [5.74, 6) is -0.652. The summed E-state index contributed by atoms with van der Waals surface area (Å²) in [5.41, 5.74) is 2.28. The van der Waals surface area contributed by atoms with E-state index >= 15 is 0 Å². The number of benzene rings is 1. The van der Waals surface area contributed by atoms with Crippen molar-refractivity contribution in [2.75, 3.05) is 31.7 Å². The Kier molecular flexibility index (Phi) is 5.28. The highest BCUT2D eigenvalue weighted by Gasteiger charge is 2.40. The number of hydrogen-bond donors (Lipinski definition) is 0. The minimum Gasteiger partial charge on any atom is -0.496 e.